The molecular weight excluding hydrogens is 1580 g/mol. The van der Waals surface area contributed by atoms with Crippen LogP contribution in [-0.4, -0.2) is 246 Å². The van der Waals surface area contributed by atoms with Crippen LogP contribution >= 0.6 is 0 Å². The van der Waals surface area contributed by atoms with Crippen LogP contribution in [0.3, 0.4) is 0 Å². The molecule has 2 rings (SSSR count). The van der Waals surface area contributed by atoms with Crippen molar-refractivity contribution in [3.8, 4) is 0 Å². The molecule has 4 N–H and O–H groups in total. The summed E-state index contributed by atoms with van der Waals surface area (Å²) in [5, 5.41) is 11.5. The quantitative estimate of drug-likeness (QED) is 0.0192. The molecule has 0 saturated heterocycles. The first-order valence-corrected chi connectivity index (χ1v) is 38.3. The Morgan fingerprint density at radius 2 is 0.467 bits per heavy atom. The number of rotatable bonds is 58. The van der Waals surface area contributed by atoms with E-state index in [-0.39, 0.29) is 39.3 Å². The molecule has 37 nitrogen and oxygen atoms in total. The maximum Gasteiger partial charge on any atom is 0.508 e. The highest BCUT2D eigenvalue weighted by Gasteiger charge is 2.48. The first-order chi connectivity index (χ1) is 56.6. The fourth-order valence-corrected chi connectivity index (χ4v) is 13.0. The number of alkyl carbamates (subject to hydrolysis) is 4. The largest absolute Gasteiger partial charge is 0.508 e. The van der Waals surface area contributed by atoms with Gasteiger partial charge in [-0.1, -0.05) is 93.5 Å². The standard InChI is InChI=1S/C83H118N4O33/c1-17-61(88)109-47-80(48-110-62(89)18-2,49-111-63(90)19-3)43-103-45-82(53-115-67(94)23-7,54-116-68(95)24-8)57-119-73(100)86-78(15)39-59(37-76(11,12)41-78)84-71(98)105-33-29-27-31-35-107-75(102)108-36-32-28-30-34-106-72(99)85-60-38-77(13,14)42-79(16,40-60)87-74(101)120-58-83(55-117-69(96)25-9,56-118-70(97)26-10)46-104-44-81(50-112-64(91)20-4,51-113-65(92)21-5)52-114-66(93)22-6/h17-26,59-60H,1-10,27-58H2,11-16H3,(H,84,98)(H,85,99)(H,86,100)(H,87,101). The summed E-state index contributed by atoms with van der Waals surface area (Å²) in [5.41, 5.74) is -9.58. The molecule has 4 atom stereocenters. The molecule has 0 bridgehead atoms. The predicted molar refractivity (Wildman–Crippen MR) is 426 cm³/mol. The summed E-state index contributed by atoms with van der Waals surface area (Å²) < 4.78 is 98.4. The molecule has 0 aromatic carbocycles. The number of amides is 4. The van der Waals surface area contributed by atoms with E-state index in [2.05, 4.69) is 87.1 Å². The molecule has 0 aromatic rings. The third-order valence-corrected chi connectivity index (χ3v) is 18.2. The normalized spacial score (nSPS) is 17.0. The zero-order valence-corrected chi connectivity index (χ0v) is 69.6. The van der Waals surface area contributed by atoms with Gasteiger partial charge in [0.1, 0.15) is 79.3 Å². The summed E-state index contributed by atoms with van der Waals surface area (Å²) in [6, 6.07) is -1.01. The molecule has 0 radical (unpaired) electrons. The fourth-order valence-electron chi connectivity index (χ4n) is 13.0. The van der Waals surface area contributed by atoms with Gasteiger partial charge in [-0.3, -0.25) is 0 Å². The summed E-state index contributed by atoms with van der Waals surface area (Å²) in [5.74, 6) is -9.02. The van der Waals surface area contributed by atoms with Crippen molar-refractivity contribution < 1.29 is 157 Å². The molecule has 0 aromatic heterocycles. The van der Waals surface area contributed by atoms with Gasteiger partial charge < -0.3 is 107 Å². The number of nitrogens with one attached hydrogen (secondary N) is 4. The van der Waals surface area contributed by atoms with Crippen LogP contribution in [0.25, 0.3) is 0 Å². The van der Waals surface area contributed by atoms with E-state index in [0.29, 0.717) is 64.2 Å². The van der Waals surface area contributed by atoms with Gasteiger partial charge in [-0.25, -0.2) is 71.9 Å². The van der Waals surface area contributed by atoms with Crippen molar-refractivity contribution in [2.45, 2.75) is 142 Å². The van der Waals surface area contributed by atoms with Gasteiger partial charge >= 0.3 is 90.2 Å². The van der Waals surface area contributed by atoms with Crippen molar-refractivity contribution in [3.05, 3.63) is 127 Å². The van der Waals surface area contributed by atoms with E-state index in [4.69, 9.17) is 85.3 Å². The van der Waals surface area contributed by atoms with E-state index >= 15 is 0 Å². The lowest BCUT2D eigenvalue weighted by Gasteiger charge is -2.46. The summed E-state index contributed by atoms with van der Waals surface area (Å²) in [6.45, 7) is 35.9. The molecule has 2 aliphatic carbocycles. The van der Waals surface area contributed by atoms with Gasteiger partial charge in [-0.2, -0.15) is 0 Å². The zero-order valence-electron chi connectivity index (χ0n) is 69.6. The summed E-state index contributed by atoms with van der Waals surface area (Å²) in [7, 11) is 0. The topological polar surface area (TPSA) is 470 Å². The van der Waals surface area contributed by atoms with E-state index in [1.165, 1.54) is 0 Å². The van der Waals surface area contributed by atoms with Gasteiger partial charge in [-0.05, 0) is 102 Å². The minimum atomic E-state index is -1.70. The Balaban J connectivity index is 1.96. The minimum Gasteiger partial charge on any atom is -0.462 e. The van der Waals surface area contributed by atoms with E-state index in [1.54, 1.807) is 13.8 Å². The lowest BCUT2D eigenvalue weighted by atomic mass is 9.67. The molecule has 0 heterocycles. The Kier molecular flexibility index (Phi) is 46.1. The van der Waals surface area contributed by atoms with Crippen molar-refractivity contribution in [2.24, 2.45) is 32.5 Å². The summed E-state index contributed by atoms with van der Waals surface area (Å²) in [6.07, 6.45) is 9.34. The molecular formula is C83H118N4O33. The van der Waals surface area contributed by atoms with Crippen LogP contribution in [0, 0.1) is 32.5 Å². The second kappa shape index (κ2) is 53.0. The van der Waals surface area contributed by atoms with Gasteiger partial charge in [-0.15, -0.1) is 0 Å². The Labute approximate surface area is 698 Å². The second-order valence-corrected chi connectivity index (χ2v) is 31.1. The van der Waals surface area contributed by atoms with Crippen molar-refractivity contribution in [1.29, 1.82) is 0 Å². The first-order valence-electron chi connectivity index (χ1n) is 38.3. The van der Waals surface area contributed by atoms with Crippen molar-refractivity contribution >= 4 is 90.2 Å². The average molecular weight is 1700 g/mol. The fraction of sp³-hybridized carbons (Fsp3) is 0.578. The Morgan fingerprint density at radius 3 is 0.675 bits per heavy atom. The van der Waals surface area contributed by atoms with E-state index in [0.717, 1.165) is 60.8 Å². The SMILES string of the molecule is C=CC(=O)OCC(COCC(COC(=O)C=C)(COC(=O)C=C)COC(=O)NC1(C)CC(NC(=O)OCCCCCOC(=O)OCCCCCOC(=O)NC2CC(C)(C)CC(C)(NC(=O)OCC(COCC(COC(=O)C=C)(COC(=O)C=C)COC(=O)C=C)(COC(=O)C=C)COC(=O)C=C)C2)CC(C)(C)C1)(COC(=O)C=C)COC(=O)C=C. The smallest absolute Gasteiger partial charge is 0.462 e. The van der Waals surface area contributed by atoms with Gasteiger partial charge in [0.05, 0.1) is 74.5 Å². The van der Waals surface area contributed by atoms with E-state index < -0.39 is 252 Å². The maximum absolute atomic E-state index is 13.9. The molecule has 2 aliphatic rings. The monoisotopic (exact) mass is 1700 g/mol. The van der Waals surface area contributed by atoms with Crippen LogP contribution in [0.2, 0.25) is 0 Å². The van der Waals surface area contributed by atoms with Crippen LogP contribution in [-0.2, 0) is 133 Å². The van der Waals surface area contributed by atoms with Gasteiger partial charge in [0.2, 0.25) is 0 Å². The third kappa shape index (κ3) is 42.7. The lowest BCUT2D eigenvalue weighted by Crippen LogP contribution is -2.58. The van der Waals surface area contributed by atoms with Gasteiger partial charge in [0.25, 0.3) is 0 Å². The number of ether oxygens (including phenoxy) is 18. The Morgan fingerprint density at radius 1 is 0.267 bits per heavy atom. The van der Waals surface area contributed by atoms with Crippen LogP contribution in [0.15, 0.2) is 127 Å². The van der Waals surface area contributed by atoms with E-state index in [9.17, 15) is 71.9 Å². The summed E-state index contributed by atoms with van der Waals surface area (Å²) >= 11 is 0. The number of unbranched alkanes of at least 4 members (excludes halogenated alkanes) is 4. The van der Waals surface area contributed by atoms with Crippen LogP contribution in [0.5, 0.6) is 0 Å². The number of esters is 10. The van der Waals surface area contributed by atoms with E-state index in [1.807, 2.05) is 27.7 Å². The molecule has 120 heavy (non-hydrogen) atoms. The number of carbonyl (C=O) groups excluding carboxylic acids is 15. The lowest BCUT2D eigenvalue weighted by molar-refractivity contribution is -0.170. The van der Waals surface area contributed by atoms with Crippen molar-refractivity contribution in [2.75, 3.05) is 132 Å². The maximum atomic E-state index is 13.9. The molecule has 37 heteroatoms. The molecule has 4 unspecified atom stereocenters. The van der Waals surface area contributed by atoms with Crippen molar-refractivity contribution in [1.82, 2.24) is 21.3 Å². The van der Waals surface area contributed by atoms with Crippen LogP contribution < -0.4 is 21.3 Å². The molecule has 4 amide bonds. The highest BCUT2D eigenvalue weighted by molar-refractivity contribution is 5.85. The second-order valence-electron chi connectivity index (χ2n) is 31.1. The predicted octanol–water partition coefficient (Wildman–Crippen LogP) is 8.33. The number of carbonyl (C=O) groups is 15. The Hall–Kier alpha value is -11.6. The van der Waals surface area contributed by atoms with Crippen LogP contribution in [0.4, 0.5) is 24.0 Å². The highest BCUT2D eigenvalue weighted by atomic mass is 16.7. The molecule has 0 aliphatic heterocycles. The molecule has 668 valence electrons. The number of hydrogen-bond donors (Lipinski definition) is 4. The average Bonchev–Trinajstić information content (AvgIpc) is 0.792. The Bertz CT molecular complexity index is 3210. The highest BCUT2D eigenvalue weighted by Crippen LogP contribution is 2.43. The summed E-state index contributed by atoms with van der Waals surface area (Å²) in [4.78, 5) is 190. The zero-order chi connectivity index (χ0) is 90.1. The first kappa shape index (κ1) is 104. The van der Waals surface area contributed by atoms with Crippen LogP contribution in [0.1, 0.15) is 119 Å². The van der Waals surface area contributed by atoms with Gasteiger partial charge in [0, 0.05) is 83.9 Å². The van der Waals surface area contributed by atoms with Gasteiger partial charge in [0.15, 0.2) is 0 Å². The minimum absolute atomic E-state index is 0.0231. The third-order valence-electron chi connectivity index (χ3n) is 18.2. The molecule has 2 fully saturated rings. The number of hydrogen-bond acceptors (Lipinski definition) is 33. The molecule has 2 saturated carbocycles. The van der Waals surface area contributed by atoms with Crippen molar-refractivity contribution in [3.63, 3.8) is 0 Å². The molecule has 0 spiro atoms.